The molecular formula is C108H162Cl2O17. The van der Waals surface area contributed by atoms with Crippen LogP contribution in [0.1, 0.15) is 320 Å². The monoisotopic (exact) mass is 1800 g/mol. The molecule has 12 aliphatic carbocycles. The summed E-state index contributed by atoms with van der Waals surface area (Å²) in [5.41, 5.74) is 2.41. The Hall–Kier alpha value is -3.82. The molecule has 4 heterocycles. The van der Waals surface area contributed by atoms with Crippen LogP contribution < -0.4 is 0 Å². The summed E-state index contributed by atoms with van der Waals surface area (Å²) in [6, 6.07) is 16.1. The maximum Gasteiger partial charge on any atom is 0.302 e. The highest BCUT2D eigenvalue weighted by molar-refractivity contribution is 6.30. The fraction of sp³-hybridized carbons (Fsp3) is 0.815. The molecule has 710 valence electrons. The van der Waals surface area contributed by atoms with Gasteiger partial charge in [0.15, 0.2) is 23.1 Å². The summed E-state index contributed by atoms with van der Waals surface area (Å²) >= 11 is 12.1. The number of carbonyl (C=O) groups is 4. The van der Waals surface area contributed by atoms with Gasteiger partial charge in [-0.05, 0) is 264 Å². The molecule has 19 heteroatoms. The number of hydrogen-bond acceptors (Lipinski definition) is 17. The van der Waals surface area contributed by atoms with Crippen LogP contribution in [-0.2, 0) is 71.3 Å². The van der Waals surface area contributed by atoms with E-state index in [1.807, 2.05) is 24.3 Å². The van der Waals surface area contributed by atoms with Crippen molar-refractivity contribution in [2.45, 2.75) is 357 Å². The molecule has 18 rings (SSSR count). The summed E-state index contributed by atoms with van der Waals surface area (Å²) in [6.45, 7) is 38.7. The molecule has 0 amide bonds. The van der Waals surface area contributed by atoms with Crippen LogP contribution in [0.2, 0.25) is 10.0 Å². The van der Waals surface area contributed by atoms with Crippen LogP contribution in [-0.4, -0.2) is 141 Å². The third-order valence-corrected chi connectivity index (χ3v) is 40.0. The summed E-state index contributed by atoms with van der Waals surface area (Å²) in [5.74, 6) is 4.79. The molecule has 4 saturated heterocycles. The number of esters is 3. The van der Waals surface area contributed by atoms with E-state index in [0.29, 0.717) is 118 Å². The standard InChI is InChI=1S/C31H43ClO4.C29H41ClO3.C24H40O5.C24H38O5/c1-21-12-15-29(3,24(20-21)7-5-6-23-8-10-25(32)11-9-23)26-13-16-30(4)27(28(26)36-22(2)33)14-17-31(30)34-18-19-35-31;1-20-11-14-27(2,22(19-20)6-4-5-21-7-9-23(30)10-8-21)24-12-15-28(3)25(26(24)31)13-16-29(28)32-17-18-33-29;2*1-16-5-9-22(3,18(15-16)8-12-25)19-6-10-23(4)20(21(19)29-17(2)26)7-11-24(23)27-13-14-28-24/h5-6,8-11,21,24,26-28H,7,12-20H2,1-4H3;4-5,7-10,20,22,24-26,31H,6,11-19H2,1-3H3;16,18-21,25H,5-15H2,1-4H3;12,16,18-21H,5-11,13-15H2,1-4H3/b6-5-;5-4-;;/t21-,24-,26?,27?,28+,29-,30-;20-,22-,24?,25?,26+,27-,28-;2*16-,18-,19?,20?,21+,22-,23-/m0000/s1. The molecule has 2 aromatic rings. The van der Waals surface area contributed by atoms with E-state index in [2.05, 4.69) is 132 Å². The van der Waals surface area contributed by atoms with Crippen molar-refractivity contribution >= 4 is 59.5 Å². The number of aliphatic hydroxyl groups excluding tert-OH is 2. The van der Waals surface area contributed by atoms with Gasteiger partial charge in [0.25, 0.3) is 0 Å². The number of rotatable bonds is 17. The lowest BCUT2D eigenvalue weighted by Crippen LogP contribution is -2.58. The minimum Gasteiger partial charge on any atom is -0.462 e. The molecule has 2 aromatic carbocycles. The lowest BCUT2D eigenvalue weighted by Gasteiger charge is -2.57. The average Bonchev–Trinajstić information content (AvgIpc) is 1.59. The Labute approximate surface area is 772 Å². The lowest BCUT2D eigenvalue weighted by molar-refractivity contribution is -0.252. The van der Waals surface area contributed by atoms with Crippen molar-refractivity contribution in [3.63, 3.8) is 0 Å². The maximum atomic E-state index is 12.4. The number of halogens is 2. The second-order valence-electron chi connectivity index (χ2n) is 46.0. The zero-order valence-electron chi connectivity index (χ0n) is 80.3. The van der Waals surface area contributed by atoms with Gasteiger partial charge >= 0.3 is 17.9 Å². The molecule has 17 nitrogen and oxygen atoms in total. The highest BCUT2D eigenvalue weighted by atomic mass is 35.5. The predicted molar refractivity (Wildman–Crippen MR) is 496 cm³/mol. The van der Waals surface area contributed by atoms with Gasteiger partial charge in [-0.25, -0.2) is 0 Å². The zero-order valence-corrected chi connectivity index (χ0v) is 81.8. The molecule has 127 heavy (non-hydrogen) atoms. The molecule has 0 aromatic heterocycles. The van der Waals surface area contributed by atoms with E-state index >= 15 is 0 Å². The van der Waals surface area contributed by atoms with Crippen LogP contribution in [0.15, 0.2) is 60.7 Å². The van der Waals surface area contributed by atoms with E-state index in [1.165, 1.54) is 75.8 Å². The zero-order chi connectivity index (χ0) is 90.6. The number of ether oxygens (including phenoxy) is 11. The quantitative estimate of drug-likeness (QED) is 0.0857. The normalized spacial score (nSPS) is 43.7. The first-order valence-electron chi connectivity index (χ1n) is 50.7. The number of benzene rings is 2. The molecule has 12 saturated carbocycles. The van der Waals surface area contributed by atoms with Gasteiger partial charge in [0.2, 0.25) is 0 Å². The molecule has 0 radical (unpaired) electrons. The van der Waals surface area contributed by atoms with Gasteiger partial charge in [-0.3, -0.25) is 14.4 Å². The van der Waals surface area contributed by atoms with Crippen LogP contribution >= 0.6 is 23.2 Å². The lowest BCUT2D eigenvalue weighted by atomic mass is 9.50. The van der Waals surface area contributed by atoms with Crippen LogP contribution in [0, 0.1) is 138 Å². The third kappa shape index (κ3) is 18.3. The summed E-state index contributed by atoms with van der Waals surface area (Å²) in [4.78, 5) is 48.3. The second-order valence-corrected chi connectivity index (χ2v) is 46.8. The van der Waals surface area contributed by atoms with E-state index in [1.54, 1.807) is 13.8 Å². The van der Waals surface area contributed by atoms with Crippen LogP contribution in [0.3, 0.4) is 0 Å². The Kier molecular flexibility index (Phi) is 30.1. The van der Waals surface area contributed by atoms with Gasteiger partial charge in [0.1, 0.15) is 24.6 Å². The van der Waals surface area contributed by atoms with Crippen LogP contribution in [0.4, 0.5) is 0 Å². The maximum absolute atomic E-state index is 12.4. The van der Waals surface area contributed by atoms with Gasteiger partial charge < -0.3 is 67.1 Å². The second kappa shape index (κ2) is 39.1. The molecule has 0 bridgehead atoms. The highest BCUT2D eigenvalue weighted by Gasteiger charge is 2.73. The Morgan fingerprint density at radius 1 is 0.362 bits per heavy atom. The number of fused-ring (bicyclic) bond motifs is 8. The molecule has 16 aliphatic rings. The summed E-state index contributed by atoms with van der Waals surface area (Å²) < 4.78 is 68.4. The van der Waals surface area contributed by atoms with Gasteiger partial charge in [0, 0.05) is 127 Å². The fourth-order valence-electron chi connectivity index (χ4n) is 32.0. The topological polar surface area (TPSA) is 210 Å². The van der Waals surface area contributed by atoms with Crippen molar-refractivity contribution in [3.8, 4) is 0 Å². The first kappa shape index (κ1) is 97.7. The van der Waals surface area contributed by atoms with Gasteiger partial charge in [-0.2, -0.15) is 0 Å². The molecule has 16 fully saturated rings. The third-order valence-electron chi connectivity index (χ3n) is 39.5. The van der Waals surface area contributed by atoms with Gasteiger partial charge in [0.05, 0.1) is 59.0 Å². The Morgan fingerprint density at radius 2 is 0.622 bits per heavy atom. The van der Waals surface area contributed by atoms with Crippen molar-refractivity contribution in [1.29, 1.82) is 0 Å². The van der Waals surface area contributed by atoms with E-state index in [-0.39, 0.29) is 116 Å². The molecule has 8 unspecified atom stereocenters. The van der Waals surface area contributed by atoms with Gasteiger partial charge in [-0.15, -0.1) is 0 Å². The number of aldehydes is 1. The fourth-order valence-corrected chi connectivity index (χ4v) is 32.2. The molecule has 4 aliphatic heterocycles. The predicted octanol–water partition coefficient (Wildman–Crippen LogP) is 23.6. The van der Waals surface area contributed by atoms with Crippen molar-refractivity contribution in [1.82, 2.24) is 0 Å². The van der Waals surface area contributed by atoms with Crippen molar-refractivity contribution in [3.05, 3.63) is 81.9 Å². The minimum atomic E-state index is -0.509. The summed E-state index contributed by atoms with van der Waals surface area (Å²) in [6.07, 6.45) is 43.6. The van der Waals surface area contributed by atoms with E-state index in [0.717, 1.165) is 169 Å². The van der Waals surface area contributed by atoms with E-state index < -0.39 is 23.1 Å². The van der Waals surface area contributed by atoms with Crippen molar-refractivity contribution < 1.29 is 81.5 Å². The molecular weight excluding hydrogens is 1640 g/mol. The smallest absolute Gasteiger partial charge is 0.302 e. The van der Waals surface area contributed by atoms with Crippen LogP contribution in [0.5, 0.6) is 0 Å². The van der Waals surface area contributed by atoms with Gasteiger partial charge in [-0.1, -0.05) is 181 Å². The number of aliphatic hydroxyl groups is 2. The Morgan fingerprint density at radius 3 is 0.921 bits per heavy atom. The number of carbonyl (C=O) groups excluding carboxylic acids is 4. The summed E-state index contributed by atoms with van der Waals surface area (Å²) in [7, 11) is 0. The molecule has 28 atom stereocenters. The Balaban J connectivity index is 0.000000131. The Bertz CT molecular complexity index is 4110. The highest BCUT2D eigenvalue weighted by Crippen LogP contribution is 2.72. The summed E-state index contributed by atoms with van der Waals surface area (Å²) in [5, 5.41) is 23.1. The molecule has 2 N–H and O–H groups in total. The first-order valence-corrected chi connectivity index (χ1v) is 51.4. The first-order chi connectivity index (χ1) is 60.5. The van der Waals surface area contributed by atoms with Crippen molar-refractivity contribution in [2.24, 2.45) is 138 Å². The minimum absolute atomic E-state index is 0.0298. The largest absolute Gasteiger partial charge is 0.462 e. The van der Waals surface area contributed by atoms with E-state index in [4.69, 9.17) is 75.3 Å². The van der Waals surface area contributed by atoms with Crippen molar-refractivity contribution in [2.75, 3.05) is 59.5 Å². The average molecular weight is 1800 g/mol. The van der Waals surface area contributed by atoms with E-state index in [9.17, 15) is 29.4 Å². The molecule has 4 spiro atoms. The number of hydrogen-bond donors (Lipinski definition) is 2. The van der Waals surface area contributed by atoms with Crippen LogP contribution in [0.25, 0.3) is 12.2 Å². The SMILES string of the molecule is CC(=O)O[C@H]1C2CCC3(OCCO3)[C@@]2(C)CCC1[C@@]1(C)CC[C@H](C)C[C@@H]1C/C=C\c1ccc(Cl)cc1.CC(=O)O[C@H]1C2CCC3(OCCO3)[C@@]2(C)CCC1[C@@]1(C)CC[C@H](C)C[C@@H]1CC=O.CC(=O)O[C@H]1C2CCC3(OCCO3)[C@@]2(C)CCC1[C@@]1(C)CC[C@H](C)C[C@@H]1CCO.C[C@H]1CC[C@](C)(C2CC[C@@]3(C)C(CCC34OCCO4)[C@@H]2O)[C@@H](C/C=C\c2ccc(Cl)cc2)C1. The number of allylic oxidation sites excluding steroid dienone is 2.